The Morgan fingerprint density at radius 1 is 1.36 bits per heavy atom. The molecule has 1 N–H and O–H groups in total. The lowest BCUT2D eigenvalue weighted by molar-refractivity contribution is 0.0501. The molecule has 1 unspecified atom stereocenters. The first-order valence-electron chi connectivity index (χ1n) is 5.75. The monoisotopic (exact) mass is 199 g/mol. The van der Waals surface area contributed by atoms with Crippen molar-refractivity contribution >= 4 is 0 Å². The highest BCUT2D eigenvalue weighted by Crippen LogP contribution is 2.22. The predicted molar refractivity (Wildman–Crippen MR) is 55.2 cm³/mol. The van der Waals surface area contributed by atoms with Crippen molar-refractivity contribution in [3.63, 3.8) is 0 Å². The van der Waals surface area contributed by atoms with Gasteiger partial charge in [0.25, 0.3) is 0 Å². The summed E-state index contributed by atoms with van der Waals surface area (Å²) in [5.74, 6) is 0.788. The number of aliphatic hydroxyl groups excluding tert-OH is 1. The second-order valence-electron chi connectivity index (χ2n) is 4.75. The van der Waals surface area contributed by atoms with E-state index in [-0.39, 0.29) is 6.10 Å². The Bertz CT molecular complexity index is 180. The Morgan fingerprint density at radius 3 is 2.64 bits per heavy atom. The van der Waals surface area contributed by atoms with Crippen LogP contribution in [0.4, 0.5) is 0 Å². The fourth-order valence-corrected chi connectivity index (χ4v) is 2.58. The van der Waals surface area contributed by atoms with E-state index in [1.165, 1.54) is 12.8 Å². The van der Waals surface area contributed by atoms with Crippen LogP contribution in [0.5, 0.6) is 0 Å². The molecule has 0 bridgehead atoms. The van der Waals surface area contributed by atoms with Gasteiger partial charge >= 0.3 is 0 Å². The minimum Gasteiger partial charge on any atom is -0.392 e. The van der Waals surface area contributed by atoms with Gasteiger partial charge in [0.1, 0.15) is 0 Å². The van der Waals surface area contributed by atoms with Crippen LogP contribution in [-0.4, -0.2) is 48.5 Å². The number of rotatable bonds is 2. The second kappa shape index (κ2) is 4.60. The molecule has 0 radical (unpaired) electrons. The van der Waals surface area contributed by atoms with E-state index in [1.54, 1.807) is 0 Å². The summed E-state index contributed by atoms with van der Waals surface area (Å²) in [4.78, 5) is 2.43. The molecule has 2 rings (SSSR count). The lowest BCUT2D eigenvalue weighted by Crippen LogP contribution is -2.35. The first-order chi connectivity index (χ1) is 6.75. The van der Waals surface area contributed by atoms with Gasteiger partial charge in [0.2, 0.25) is 0 Å². The van der Waals surface area contributed by atoms with Crippen LogP contribution in [0.2, 0.25) is 0 Å². The SMILES string of the molecule is CC1C[C@H](O)CN1CC1CCOCC1. The van der Waals surface area contributed by atoms with Crippen LogP contribution in [0.25, 0.3) is 0 Å². The summed E-state index contributed by atoms with van der Waals surface area (Å²) >= 11 is 0. The third kappa shape index (κ3) is 2.47. The number of aliphatic hydroxyl groups is 1. The fraction of sp³-hybridized carbons (Fsp3) is 1.00. The maximum Gasteiger partial charge on any atom is 0.0682 e. The van der Waals surface area contributed by atoms with Gasteiger partial charge in [-0.2, -0.15) is 0 Å². The maximum absolute atomic E-state index is 9.53. The largest absolute Gasteiger partial charge is 0.392 e. The minimum atomic E-state index is -0.0927. The van der Waals surface area contributed by atoms with E-state index in [0.717, 1.165) is 38.6 Å². The van der Waals surface area contributed by atoms with Gasteiger partial charge in [0.05, 0.1) is 6.10 Å². The summed E-state index contributed by atoms with van der Waals surface area (Å²) in [6.45, 7) is 6.10. The highest BCUT2D eigenvalue weighted by atomic mass is 16.5. The van der Waals surface area contributed by atoms with Gasteiger partial charge < -0.3 is 9.84 Å². The Kier molecular flexibility index (Phi) is 3.42. The highest BCUT2D eigenvalue weighted by Gasteiger charge is 2.29. The van der Waals surface area contributed by atoms with Gasteiger partial charge in [0.15, 0.2) is 0 Å². The molecule has 0 aromatic heterocycles. The molecule has 0 amide bonds. The third-order valence-electron chi connectivity index (χ3n) is 3.52. The van der Waals surface area contributed by atoms with Crippen LogP contribution in [0.1, 0.15) is 26.2 Å². The average molecular weight is 199 g/mol. The standard InChI is InChI=1S/C11H21NO2/c1-9-6-11(13)8-12(9)7-10-2-4-14-5-3-10/h9-11,13H,2-8H2,1H3/t9?,11-/m0/s1. The van der Waals surface area contributed by atoms with Gasteiger partial charge in [-0.1, -0.05) is 0 Å². The molecule has 14 heavy (non-hydrogen) atoms. The zero-order chi connectivity index (χ0) is 9.97. The number of likely N-dealkylation sites (tertiary alicyclic amines) is 1. The molecule has 0 spiro atoms. The molecule has 82 valence electrons. The zero-order valence-electron chi connectivity index (χ0n) is 8.98. The van der Waals surface area contributed by atoms with Crippen LogP contribution < -0.4 is 0 Å². The van der Waals surface area contributed by atoms with Crippen molar-refractivity contribution in [2.45, 2.75) is 38.3 Å². The molecule has 0 aliphatic carbocycles. The molecule has 3 nitrogen and oxygen atoms in total. The lowest BCUT2D eigenvalue weighted by atomic mass is 9.99. The molecule has 2 fully saturated rings. The van der Waals surface area contributed by atoms with Crippen molar-refractivity contribution < 1.29 is 9.84 Å². The highest BCUT2D eigenvalue weighted by molar-refractivity contribution is 4.83. The molecule has 0 saturated carbocycles. The Morgan fingerprint density at radius 2 is 2.07 bits per heavy atom. The molecular formula is C11H21NO2. The molecule has 2 atom stereocenters. The number of β-amino-alcohol motifs (C(OH)–C–C–N with tert-alkyl or cyclic N) is 1. The van der Waals surface area contributed by atoms with Crippen LogP contribution in [0.15, 0.2) is 0 Å². The average Bonchev–Trinajstić information content (AvgIpc) is 2.47. The third-order valence-corrected chi connectivity index (χ3v) is 3.52. The molecule has 2 heterocycles. The summed E-state index contributed by atoms with van der Waals surface area (Å²) in [7, 11) is 0. The van der Waals surface area contributed by atoms with Crippen LogP contribution in [-0.2, 0) is 4.74 Å². The minimum absolute atomic E-state index is 0.0927. The van der Waals surface area contributed by atoms with Crippen molar-refractivity contribution in [3.05, 3.63) is 0 Å². The number of ether oxygens (including phenoxy) is 1. The maximum atomic E-state index is 9.53. The van der Waals surface area contributed by atoms with Gasteiger partial charge in [-0.25, -0.2) is 0 Å². The number of hydrogen-bond acceptors (Lipinski definition) is 3. The van der Waals surface area contributed by atoms with Crippen LogP contribution in [0, 0.1) is 5.92 Å². The Labute approximate surface area is 86.0 Å². The quantitative estimate of drug-likeness (QED) is 0.716. The zero-order valence-corrected chi connectivity index (χ0v) is 8.98. The molecule has 3 heteroatoms. The topological polar surface area (TPSA) is 32.7 Å². The van der Waals surface area contributed by atoms with Gasteiger partial charge in [-0.3, -0.25) is 4.90 Å². The van der Waals surface area contributed by atoms with Crippen molar-refractivity contribution in [3.8, 4) is 0 Å². The van der Waals surface area contributed by atoms with E-state index < -0.39 is 0 Å². The second-order valence-corrected chi connectivity index (χ2v) is 4.75. The summed E-state index contributed by atoms with van der Waals surface area (Å²) in [5.41, 5.74) is 0. The van der Waals surface area contributed by atoms with E-state index in [2.05, 4.69) is 11.8 Å². The van der Waals surface area contributed by atoms with E-state index in [4.69, 9.17) is 4.74 Å². The van der Waals surface area contributed by atoms with Gasteiger partial charge in [-0.05, 0) is 32.1 Å². The molecule has 2 aliphatic rings. The van der Waals surface area contributed by atoms with E-state index in [0.29, 0.717) is 6.04 Å². The van der Waals surface area contributed by atoms with Crippen molar-refractivity contribution in [1.29, 1.82) is 0 Å². The molecule has 0 aromatic rings. The summed E-state index contributed by atoms with van der Waals surface area (Å²) in [6.07, 6.45) is 3.24. The Hall–Kier alpha value is -0.120. The molecule has 0 aromatic carbocycles. The van der Waals surface area contributed by atoms with Crippen molar-refractivity contribution in [1.82, 2.24) is 4.90 Å². The number of nitrogens with zero attached hydrogens (tertiary/aromatic N) is 1. The first-order valence-corrected chi connectivity index (χ1v) is 5.75. The number of hydrogen-bond donors (Lipinski definition) is 1. The van der Waals surface area contributed by atoms with Crippen LogP contribution >= 0.6 is 0 Å². The van der Waals surface area contributed by atoms with E-state index in [1.807, 2.05) is 0 Å². The van der Waals surface area contributed by atoms with Gasteiger partial charge in [-0.15, -0.1) is 0 Å². The summed E-state index contributed by atoms with van der Waals surface area (Å²) in [6, 6.07) is 0.563. The normalized spacial score (nSPS) is 36.4. The lowest BCUT2D eigenvalue weighted by Gasteiger charge is -2.29. The summed E-state index contributed by atoms with van der Waals surface area (Å²) in [5, 5.41) is 9.53. The fourth-order valence-electron chi connectivity index (χ4n) is 2.58. The van der Waals surface area contributed by atoms with Gasteiger partial charge in [0, 0.05) is 32.3 Å². The smallest absolute Gasteiger partial charge is 0.0682 e. The Balaban J connectivity index is 1.78. The molecular weight excluding hydrogens is 178 g/mol. The van der Waals surface area contributed by atoms with E-state index >= 15 is 0 Å². The molecule has 2 aliphatic heterocycles. The van der Waals surface area contributed by atoms with Crippen LogP contribution in [0.3, 0.4) is 0 Å². The van der Waals surface area contributed by atoms with Crippen molar-refractivity contribution in [2.75, 3.05) is 26.3 Å². The van der Waals surface area contributed by atoms with E-state index in [9.17, 15) is 5.11 Å². The summed E-state index contributed by atoms with van der Waals surface area (Å²) < 4.78 is 5.34. The van der Waals surface area contributed by atoms with Crippen molar-refractivity contribution in [2.24, 2.45) is 5.92 Å². The molecule has 2 saturated heterocycles. The first kappa shape index (κ1) is 10.4. The predicted octanol–water partition coefficient (Wildman–Crippen LogP) is 0.868.